The first-order valence-corrected chi connectivity index (χ1v) is 5.79. The lowest BCUT2D eigenvalue weighted by Crippen LogP contribution is -2.05. The lowest BCUT2D eigenvalue weighted by atomic mass is 10.2. The van der Waals surface area contributed by atoms with Crippen LogP contribution in [0.15, 0.2) is 36.8 Å². The molecule has 6 heteroatoms. The van der Waals surface area contributed by atoms with Crippen molar-refractivity contribution in [3.8, 4) is 5.75 Å². The number of hydrogen-bond donors (Lipinski definition) is 0. The first kappa shape index (κ1) is 13.5. The van der Waals surface area contributed by atoms with Gasteiger partial charge in [0.25, 0.3) is 0 Å². The number of ether oxygens (including phenoxy) is 1. The molecule has 0 amide bonds. The maximum absolute atomic E-state index is 12.5. The van der Waals surface area contributed by atoms with Crippen LogP contribution >= 0.6 is 0 Å². The molecule has 0 aliphatic rings. The Morgan fingerprint density at radius 1 is 1.32 bits per heavy atom. The standard InChI is InChI=1S/C13H13F3N2O/c1-2-18-7-11(17-9-18)8-19-12-5-3-4-10(6-12)13(14,15)16/h3-7,9H,2,8H2,1H3. The molecule has 0 aliphatic carbocycles. The number of hydrogen-bond acceptors (Lipinski definition) is 2. The maximum atomic E-state index is 12.5. The Morgan fingerprint density at radius 2 is 2.11 bits per heavy atom. The number of aromatic nitrogens is 2. The second-order valence-electron chi connectivity index (χ2n) is 4.01. The minimum absolute atomic E-state index is 0.147. The van der Waals surface area contributed by atoms with E-state index in [1.165, 1.54) is 12.1 Å². The van der Waals surface area contributed by atoms with E-state index in [0.29, 0.717) is 5.69 Å². The first-order chi connectivity index (χ1) is 8.99. The third-order valence-corrected chi connectivity index (χ3v) is 2.60. The van der Waals surface area contributed by atoms with Gasteiger partial charge in [0.2, 0.25) is 0 Å². The first-order valence-electron chi connectivity index (χ1n) is 5.79. The van der Waals surface area contributed by atoms with Crippen LogP contribution in [0.4, 0.5) is 13.2 Å². The smallest absolute Gasteiger partial charge is 0.416 e. The molecule has 2 aromatic rings. The molecule has 0 unspecified atom stereocenters. The topological polar surface area (TPSA) is 27.1 Å². The number of halogens is 3. The van der Waals surface area contributed by atoms with Crippen LogP contribution in [0, 0.1) is 0 Å². The highest BCUT2D eigenvalue weighted by molar-refractivity contribution is 5.30. The fourth-order valence-electron chi connectivity index (χ4n) is 1.57. The molecular weight excluding hydrogens is 257 g/mol. The minimum Gasteiger partial charge on any atom is -0.487 e. The summed E-state index contributed by atoms with van der Waals surface area (Å²) < 4.78 is 44.7. The molecule has 0 saturated carbocycles. The SMILES string of the molecule is CCn1cnc(COc2cccc(C(F)(F)F)c2)c1. The van der Waals surface area contributed by atoms with Crippen molar-refractivity contribution in [3.05, 3.63) is 48.0 Å². The highest BCUT2D eigenvalue weighted by Crippen LogP contribution is 2.31. The molecule has 0 fully saturated rings. The molecule has 1 aromatic heterocycles. The van der Waals surface area contributed by atoms with Crippen molar-refractivity contribution in [1.29, 1.82) is 0 Å². The van der Waals surface area contributed by atoms with E-state index in [9.17, 15) is 13.2 Å². The maximum Gasteiger partial charge on any atom is 0.416 e. The van der Waals surface area contributed by atoms with Gasteiger partial charge >= 0.3 is 6.18 Å². The average molecular weight is 270 g/mol. The number of benzene rings is 1. The van der Waals surface area contributed by atoms with Crippen LogP contribution in [0.25, 0.3) is 0 Å². The van der Waals surface area contributed by atoms with E-state index in [4.69, 9.17) is 4.74 Å². The predicted molar refractivity (Wildman–Crippen MR) is 63.7 cm³/mol. The number of imidazole rings is 1. The normalized spacial score (nSPS) is 11.6. The monoisotopic (exact) mass is 270 g/mol. The summed E-state index contributed by atoms with van der Waals surface area (Å²) in [5.74, 6) is 0.181. The van der Waals surface area contributed by atoms with Gasteiger partial charge in [0.15, 0.2) is 0 Å². The van der Waals surface area contributed by atoms with Gasteiger partial charge in [-0.05, 0) is 25.1 Å². The molecule has 0 aliphatic heterocycles. The van der Waals surface area contributed by atoms with E-state index < -0.39 is 11.7 Å². The zero-order valence-corrected chi connectivity index (χ0v) is 10.3. The zero-order chi connectivity index (χ0) is 13.9. The van der Waals surface area contributed by atoms with Gasteiger partial charge < -0.3 is 9.30 Å². The lowest BCUT2D eigenvalue weighted by molar-refractivity contribution is -0.137. The van der Waals surface area contributed by atoms with Crippen LogP contribution in [0.5, 0.6) is 5.75 Å². The summed E-state index contributed by atoms with van der Waals surface area (Å²) in [4.78, 5) is 4.09. The van der Waals surface area contributed by atoms with Gasteiger partial charge in [0.05, 0.1) is 17.6 Å². The summed E-state index contributed by atoms with van der Waals surface area (Å²) in [5.41, 5.74) is -0.0386. The van der Waals surface area contributed by atoms with Crippen molar-refractivity contribution >= 4 is 0 Å². The van der Waals surface area contributed by atoms with Crippen LogP contribution in [-0.2, 0) is 19.3 Å². The molecule has 2 rings (SSSR count). The van der Waals surface area contributed by atoms with E-state index in [1.54, 1.807) is 12.5 Å². The van der Waals surface area contributed by atoms with Crippen molar-refractivity contribution in [2.45, 2.75) is 26.3 Å². The number of rotatable bonds is 4. The van der Waals surface area contributed by atoms with Gasteiger partial charge in [0.1, 0.15) is 12.4 Å². The Balaban J connectivity index is 2.03. The largest absolute Gasteiger partial charge is 0.487 e. The van der Waals surface area contributed by atoms with Crippen molar-refractivity contribution in [2.24, 2.45) is 0 Å². The molecule has 1 aromatic carbocycles. The van der Waals surface area contributed by atoms with Crippen molar-refractivity contribution in [3.63, 3.8) is 0 Å². The second-order valence-corrected chi connectivity index (χ2v) is 4.01. The summed E-state index contributed by atoms with van der Waals surface area (Å²) in [5, 5.41) is 0. The van der Waals surface area contributed by atoms with Gasteiger partial charge in [-0.2, -0.15) is 13.2 Å². The molecule has 0 atom stereocenters. The van der Waals surface area contributed by atoms with Crippen LogP contribution in [0.1, 0.15) is 18.2 Å². The summed E-state index contributed by atoms with van der Waals surface area (Å²) >= 11 is 0. The summed E-state index contributed by atoms with van der Waals surface area (Å²) in [6, 6.07) is 4.81. The highest BCUT2D eigenvalue weighted by Gasteiger charge is 2.30. The highest BCUT2D eigenvalue weighted by atomic mass is 19.4. The number of alkyl halides is 3. The Bertz CT molecular complexity index is 549. The predicted octanol–water partition coefficient (Wildman–Crippen LogP) is 3.50. The Morgan fingerprint density at radius 3 is 2.74 bits per heavy atom. The van der Waals surface area contributed by atoms with E-state index in [0.717, 1.165) is 18.7 Å². The molecular formula is C13H13F3N2O. The number of aryl methyl sites for hydroxylation is 1. The van der Waals surface area contributed by atoms with Crippen molar-refractivity contribution in [1.82, 2.24) is 9.55 Å². The molecule has 0 bridgehead atoms. The molecule has 102 valence electrons. The van der Waals surface area contributed by atoms with Crippen LogP contribution in [0.2, 0.25) is 0 Å². The van der Waals surface area contributed by atoms with Crippen LogP contribution in [0.3, 0.4) is 0 Å². The van der Waals surface area contributed by atoms with E-state index >= 15 is 0 Å². The molecule has 19 heavy (non-hydrogen) atoms. The zero-order valence-electron chi connectivity index (χ0n) is 10.3. The van der Waals surface area contributed by atoms with E-state index in [-0.39, 0.29) is 12.4 Å². The average Bonchev–Trinajstić information content (AvgIpc) is 2.84. The molecule has 3 nitrogen and oxygen atoms in total. The Hall–Kier alpha value is -1.98. The summed E-state index contributed by atoms with van der Waals surface area (Å²) in [6.07, 6.45) is -0.901. The van der Waals surface area contributed by atoms with Gasteiger partial charge in [-0.25, -0.2) is 4.98 Å². The third kappa shape index (κ3) is 3.49. The summed E-state index contributed by atoms with van der Waals surface area (Å²) in [7, 11) is 0. The van der Waals surface area contributed by atoms with Crippen LogP contribution < -0.4 is 4.74 Å². The molecule has 0 radical (unpaired) electrons. The number of nitrogens with zero attached hydrogens (tertiary/aromatic N) is 2. The van der Waals surface area contributed by atoms with E-state index in [2.05, 4.69) is 4.98 Å². The van der Waals surface area contributed by atoms with Gasteiger partial charge in [0, 0.05) is 12.7 Å². The van der Waals surface area contributed by atoms with Gasteiger partial charge in [-0.1, -0.05) is 6.07 Å². The molecule has 0 spiro atoms. The molecule has 0 saturated heterocycles. The Kier molecular flexibility index (Phi) is 3.78. The van der Waals surface area contributed by atoms with Gasteiger partial charge in [-0.3, -0.25) is 0 Å². The summed E-state index contributed by atoms with van der Waals surface area (Å²) in [6.45, 7) is 2.91. The quantitative estimate of drug-likeness (QED) is 0.850. The molecule has 1 heterocycles. The van der Waals surface area contributed by atoms with E-state index in [1.807, 2.05) is 11.5 Å². The van der Waals surface area contributed by atoms with Gasteiger partial charge in [-0.15, -0.1) is 0 Å². The Labute approximate surface area is 108 Å². The fourth-order valence-corrected chi connectivity index (χ4v) is 1.57. The third-order valence-electron chi connectivity index (χ3n) is 2.60. The van der Waals surface area contributed by atoms with Crippen molar-refractivity contribution < 1.29 is 17.9 Å². The van der Waals surface area contributed by atoms with Crippen molar-refractivity contribution in [2.75, 3.05) is 0 Å². The lowest BCUT2D eigenvalue weighted by Gasteiger charge is -2.09. The second kappa shape index (κ2) is 5.34. The minimum atomic E-state index is -4.36. The van der Waals surface area contributed by atoms with Crippen LogP contribution in [-0.4, -0.2) is 9.55 Å². The fraction of sp³-hybridized carbons (Fsp3) is 0.308. The molecule has 0 N–H and O–H groups in total.